The Hall–Kier alpha value is -1.75. The number of aromatic nitrogens is 3. The van der Waals surface area contributed by atoms with Gasteiger partial charge in [0.05, 0.1) is 5.54 Å². The molecule has 0 aliphatic heterocycles. The summed E-state index contributed by atoms with van der Waals surface area (Å²) in [5.41, 5.74) is 7.64. The fraction of sp³-hybridized carbons (Fsp3) is 0.462. The highest BCUT2D eigenvalue weighted by molar-refractivity contribution is 5.51. The monoisotopic (exact) mass is 244 g/mol. The number of rotatable bonds is 2. The van der Waals surface area contributed by atoms with E-state index >= 15 is 0 Å². The van der Waals surface area contributed by atoms with Crippen LogP contribution in [0.1, 0.15) is 37.1 Å². The first kappa shape index (κ1) is 11.3. The third-order valence-electron chi connectivity index (χ3n) is 3.58. The zero-order chi connectivity index (χ0) is 12.6. The van der Waals surface area contributed by atoms with E-state index in [-0.39, 0.29) is 0 Å². The van der Waals surface area contributed by atoms with Gasteiger partial charge in [0.2, 0.25) is 0 Å². The van der Waals surface area contributed by atoms with Crippen molar-refractivity contribution < 1.29 is 4.52 Å². The molecule has 0 radical (unpaired) electrons. The summed E-state index contributed by atoms with van der Waals surface area (Å²) < 4.78 is 5.31. The third kappa shape index (κ3) is 1.80. The van der Waals surface area contributed by atoms with E-state index < -0.39 is 5.54 Å². The predicted molar refractivity (Wildman–Crippen MR) is 66.6 cm³/mol. The molecule has 2 N–H and O–H groups in total. The number of nitrogens with zero attached hydrogens (tertiary/aromatic N) is 3. The average molecular weight is 244 g/mol. The Balaban J connectivity index is 1.97. The maximum absolute atomic E-state index is 6.30. The van der Waals surface area contributed by atoms with Gasteiger partial charge < -0.3 is 10.3 Å². The van der Waals surface area contributed by atoms with Crippen LogP contribution in [0.25, 0.3) is 11.6 Å². The van der Waals surface area contributed by atoms with Gasteiger partial charge in [0.25, 0.3) is 5.89 Å². The van der Waals surface area contributed by atoms with Crippen molar-refractivity contribution >= 4 is 0 Å². The molecule has 2 aromatic rings. The van der Waals surface area contributed by atoms with Crippen LogP contribution in [-0.4, -0.2) is 15.1 Å². The van der Waals surface area contributed by atoms with Crippen LogP contribution in [0.2, 0.25) is 0 Å². The summed E-state index contributed by atoms with van der Waals surface area (Å²) in [7, 11) is 0. The molecule has 5 nitrogen and oxygen atoms in total. The molecule has 0 atom stereocenters. The van der Waals surface area contributed by atoms with Crippen molar-refractivity contribution in [1.29, 1.82) is 0 Å². The molecule has 2 heterocycles. The summed E-state index contributed by atoms with van der Waals surface area (Å²) in [4.78, 5) is 8.70. The molecule has 1 aliphatic carbocycles. The van der Waals surface area contributed by atoms with E-state index in [4.69, 9.17) is 10.3 Å². The van der Waals surface area contributed by atoms with Crippen molar-refractivity contribution in [1.82, 2.24) is 15.1 Å². The van der Waals surface area contributed by atoms with Crippen LogP contribution >= 0.6 is 0 Å². The third-order valence-corrected chi connectivity index (χ3v) is 3.58. The number of aryl methyl sites for hydroxylation is 1. The largest absolute Gasteiger partial charge is 0.332 e. The van der Waals surface area contributed by atoms with Crippen LogP contribution in [0.4, 0.5) is 0 Å². The Kier molecular flexibility index (Phi) is 2.63. The Morgan fingerprint density at radius 1 is 1.33 bits per heavy atom. The normalized spacial score (nSPS) is 18.1. The molecule has 1 aliphatic rings. The lowest BCUT2D eigenvalue weighted by Gasteiger charge is -2.17. The van der Waals surface area contributed by atoms with Crippen molar-refractivity contribution in [3.63, 3.8) is 0 Å². The molecule has 94 valence electrons. The van der Waals surface area contributed by atoms with Gasteiger partial charge in [-0.2, -0.15) is 4.98 Å². The van der Waals surface area contributed by atoms with Gasteiger partial charge in [-0.3, -0.25) is 4.98 Å². The minimum Gasteiger partial charge on any atom is -0.332 e. The Labute approximate surface area is 105 Å². The maximum Gasteiger partial charge on any atom is 0.276 e. The molecule has 5 heteroatoms. The van der Waals surface area contributed by atoms with Crippen molar-refractivity contribution in [3.8, 4) is 11.6 Å². The van der Waals surface area contributed by atoms with E-state index in [0.29, 0.717) is 11.7 Å². The first-order valence-corrected chi connectivity index (χ1v) is 6.24. The van der Waals surface area contributed by atoms with Crippen LogP contribution in [-0.2, 0) is 5.54 Å². The van der Waals surface area contributed by atoms with E-state index in [9.17, 15) is 0 Å². The van der Waals surface area contributed by atoms with Gasteiger partial charge in [-0.1, -0.05) is 24.1 Å². The molecule has 2 aromatic heterocycles. The van der Waals surface area contributed by atoms with Crippen LogP contribution in [0.15, 0.2) is 22.9 Å². The molecular weight excluding hydrogens is 228 g/mol. The second-order valence-corrected chi connectivity index (χ2v) is 4.96. The van der Waals surface area contributed by atoms with Gasteiger partial charge in [0.1, 0.15) is 5.69 Å². The highest BCUT2D eigenvalue weighted by Gasteiger charge is 2.36. The van der Waals surface area contributed by atoms with Gasteiger partial charge in [0, 0.05) is 6.20 Å². The summed E-state index contributed by atoms with van der Waals surface area (Å²) >= 11 is 0. The second kappa shape index (κ2) is 4.17. The molecule has 0 saturated heterocycles. The lowest BCUT2D eigenvalue weighted by atomic mass is 9.99. The molecule has 0 unspecified atom stereocenters. The Morgan fingerprint density at radius 2 is 2.11 bits per heavy atom. The maximum atomic E-state index is 6.30. The van der Waals surface area contributed by atoms with E-state index in [1.807, 2.05) is 19.1 Å². The predicted octanol–water partition coefficient (Wildman–Crippen LogP) is 2.17. The molecule has 0 spiro atoms. The first-order chi connectivity index (χ1) is 8.69. The highest BCUT2D eigenvalue weighted by Crippen LogP contribution is 2.35. The van der Waals surface area contributed by atoms with E-state index in [1.165, 1.54) is 0 Å². The topological polar surface area (TPSA) is 77.8 Å². The van der Waals surface area contributed by atoms with Crippen molar-refractivity contribution in [3.05, 3.63) is 29.7 Å². The molecular formula is C13H16N4O. The van der Waals surface area contributed by atoms with E-state index in [1.54, 1.807) is 6.20 Å². The molecule has 1 saturated carbocycles. The fourth-order valence-corrected chi connectivity index (χ4v) is 2.46. The summed E-state index contributed by atoms with van der Waals surface area (Å²) in [6.07, 6.45) is 5.83. The number of pyridine rings is 1. The minimum absolute atomic E-state index is 0.412. The SMILES string of the molecule is Cc1cccnc1-c1nc(C2(N)CCCC2)no1. The lowest BCUT2D eigenvalue weighted by molar-refractivity contribution is 0.372. The van der Waals surface area contributed by atoms with Crippen LogP contribution in [0.3, 0.4) is 0 Å². The van der Waals surface area contributed by atoms with E-state index in [0.717, 1.165) is 36.9 Å². The van der Waals surface area contributed by atoms with Crippen molar-refractivity contribution in [2.75, 3.05) is 0 Å². The average Bonchev–Trinajstić information content (AvgIpc) is 2.99. The van der Waals surface area contributed by atoms with Crippen molar-refractivity contribution in [2.45, 2.75) is 38.1 Å². The number of nitrogens with two attached hydrogens (primary N) is 1. The number of hydrogen-bond acceptors (Lipinski definition) is 5. The molecule has 3 rings (SSSR count). The highest BCUT2D eigenvalue weighted by atomic mass is 16.5. The van der Waals surface area contributed by atoms with Gasteiger partial charge in [-0.15, -0.1) is 0 Å². The summed E-state index contributed by atoms with van der Waals surface area (Å²) in [5, 5.41) is 4.04. The molecule has 0 bridgehead atoms. The first-order valence-electron chi connectivity index (χ1n) is 6.24. The Morgan fingerprint density at radius 3 is 2.83 bits per heavy atom. The summed E-state index contributed by atoms with van der Waals surface area (Å²) in [6.45, 7) is 1.97. The standard InChI is InChI=1S/C13H16N4O/c1-9-5-4-8-15-10(9)11-16-12(17-18-11)13(14)6-2-3-7-13/h4-5,8H,2-3,6-7,14H2,1H3. The van der Waals surface area contributed by atoms with Gasteiger partial charge >= 0.3 is 0 Å². The van der Waals surface area contributed by atoms with Gasteiger partial charge in [0.15, 0.2) is 5.82 Å². The summed E-state index contributed by atoms with van der Waals surface area (Å²) in [6, 6.07) is 3.86. The number of hydrogen-bond donors (Lipinski definition) is 1. The molecule has 0 amide bonds. The van der Waals surface area contributed by atoms with Crippen LogP contribution in [0.5, 0.6) is 0 Å². The van der Waals surface area contributed by atoms with Crippen LogP contribution < -0.4 is 5.73 Å². The van der Waals surface area contributed by atoms with Crippen molar-refractivity contribution in [2.24, 2.45) is 5.73 Å². The van der Waals surface area contributed by atoms with Crippen LogP contribution in [0, 0.1) is 6.92 Å². The smallest absolute Gasteiger partial charge is 0.276 e. The zero-order valence-corrected chi connectivity index (χ0v) is 10.4. The lowest BCUT2D eigenvalue weighted by Crippen LogP contribution is -2.34. The quantitative estimate of drug-likeness (QED) is 0.875. The van der Waals surface area contributed by atoms with Gasteiger partial charge in [-0.05, 0) is 31.4 Å². The van der Waals surface area contributed by atoms with Gasteiger partial charge in [-0.25, -0.2) is 0 Å². The fourth-order valence-electron chi connectivity index (χ4n) is 2.46. The molecule has 0 aromatic carbocycles. The minimum atomic E-state index is -0.412. The second-order valence-electron chi connectivity index (χ2n) is 4.96. The summed E-state index contributed by atoms with van der Waals surface area (Å²) in [5.74, 6) is 1.07. The zero-order valence-electron chi connectivity index (χ0n) is 10.4. The van der Waals surface area contributed by atoms with E-state index in [2.05, 4.69) is 15.1 Å². The molecule has 1 fully saturated rings. The molecule has 18 heavy (non-hydrogen) atoms. The Bertz CT molecular complexity index is 558.